The summed E-state index contributed by atoms with van der Waals surface area (Å²) in [6.45, 7) is 1.42. The van der Waals surface area contributed by atoms with Crippen molar-refractivity contribution in [3.8, 4) is 22.8 Å². The molecule has 14 heteroatoms. The molecule has 3 N–H and O–H groups in total. The smallest absolute Gasteiger partial charge is 0.321 e. The number of pyridine rings is 1. The molecule has 2 aromatic heterocycles. The number of amides is 3. The molecular formula is C31H26ClN7O5S. The molecule has 0 bridgehead atoms. The fourth-order valence-corrected chi connectivity index (χ4v) is 6.01. The number of carbonyl (C=O) groups is 2. The molecule has 5 aromatic rings. The van der Waals surface area contributed by atoms with Crippen molar-refractivity contribution in [2.75, 3.05) is 28.4 Å². The molecule has 0 atom stereocenters. The molecule has 45 heavy (non-hydrogen) atoms. The summed E-state index contributed by atoms with van der Waals surface area (Å²) in [6.07, 6.45) is 4.99. The van der Waals surface area contributed by atoms with Gasteiger partial charge in [0.1, 0.15) is 0 Å². The van der Waals surface area contributed by atoms with Crippen LogP contribution in [-0.2, 0) is 10.0 Å². The van der Waals surface area contributed by atoms with Gasteiger partial charge in [-0.1, -0.05) is 22.8 Å². The number of benzene rings is 3. The van der Waals surface area contributed by atoms with Crippen LogP contribution < -0.4 is 15.4 Å². The third-order valence-corrected chi connectivity index (χ3v) is 8.70. The molecule has 1 aliphatic rings. The van der Waals surface area contributed by atoms with Crippen molar-refractivity contribution in [2.45, 2.75) is 17.7 Å². The van der Waals surface area contributed by atoms with Gasteiger partial charge < -0.3 is 20.1 Å². The molecular weight excluding hydrogens is 618 g/mol. The average molecular weight is 644 g/mol. The molecule has 3 heterocycles. The van der Waals surface area contributed by atoms with E-state index in [4.69, 9.17) is 16.1 Å². The number of nitrogens with one attached hydrogen (secondary N) is 3. The minimum Gasteiger partial charge on any atom is -0.334 e. The van der Waals surface area contributed by atoms with E-state index in [0.717, 1.165) is 12.8 Å². The highest BCUT2D eigenvalue weighted by Gasteiger charge is 2.20. The number of carbonyl (C=O) groups excluding carboxylic acids is 2. The van der Waals surface area contributed by atoms with E-state index in [2.05, 4.69) is 30.5 Å². The number of nitrogens with zero attached hydrogens (tertiary/aromatic N) is 4. The van der Waals surface area contributed by atoms with Gasteiger partial charge in [0.25, 0.3) is 21.8 Å². The monoisotopic (exact) mass is 643 g/mol. The highest BCUT2D eigenvalue weighted by molar-refractivity contribution is 7.92. The van der Waals surface area contributed by atoms with E-state index in [-0.39, 0.29) is 39.3 Å². The van der Waals surface area contributed by atoms with Gasteiger partial charge in [0.15, 0.2) is 0 Å². The van der Waals surface area contributed by atoms with Crippen molar-refractivity contribution >= 4 is 50.6 Å². The Bertz CT molecular complexity index is 1960. The summed E-state index contributed by atoms with van der Waals surface area (Å²) in [4.78, 5) is 34.9. The molecule has 3 aromatic carbocycles. The minimum atomic E-state index is -3.94. The molecule has 3 amide bonds. The Morgan fingerprint density at radius 3 is 2.38 bits per heavy atom. The Hall–Kier alpha value is -5.27. The maximum atomic E-state index is 13.1. The Morgan fingerprint density at radius 1 is 0.867 bits per heavy atom. The van der Waals surface area contributed by atoms with Crippen LogP contribution in [0.5, 0.6) is 0 Å². The number of halogens is 1. The van der Waals surface area contributed by atoms with Crippen LogP contribution in [0.4, 0.5) is 21.9 Å². The summed E-state index contributed by atoms with van der Waals surface area (Å²) in [5.41, 5.74) is 2.62. The Labute approximate surface area is 263 Å². The van der Waals surface area contributed by atoms with Gasteiger partial charge in [-0.25, -0.2) is 13.2 Å². The largest absolute Gasteiger partial charge is 0.334 e. The summed E-state index contributed by atoms with van der Waals surface area (Å²) in [5.74, 6) is 0.0277. The highest BCUT2D eigenvalue weighted by Crippen LogP contribution is 2.31. The second-order valence-electron chi connectivity index (χ2n) is 10.1. The molecule has 228 valence electrons. The van der Waals surface area contributed by atoms with E-state index in [0.29, 0.717) is 41.2 Å². The predicted octanol–water partition coefficient (Wildman–Crippen LogP) is 6.13. The highest BCUT2D eigenvalue weighted by atomic mass is 35.5. The zero-order valence-corrected chi connectivity index (χ0v) is 25.2. The SMILES string of the molecule is O=C(Nc1ccc(-c2noc(-c3cccc(NS(=O)(=O)c4ccc(NC(=O)N5CCCC5)cc4)c3)n2)c(Cl)c1)c1cccnc1. The molecule has 1 aliphatic heterocycles. The summed E-state index contributed by atoms with van der Waals surface area (Å²) >= 11 is 6.48. The first kappa shape index (κ1) is 29.8. The van der Waals surface area contributed by atoms with Gasteiger partial charge in [-0.15, -0.1) is 0 Å². The van der Waals surface area contributed by atoms with E-state index in [1.165, 1.54) is 18.3 Å². The number of likely N-dealkylation sites (tertiary alicyclic amines) is 1. The number of sulfonamides is 1. The number of aromatic nitrogens is 3. The minimum absolute atomic E-state index is 0.0295. The first-order valence-electron chi connectivity index (χ1n) is 13.9. The third kappa shape index (κ3) is 6.95. The van der Waals surface area contributed by atoms with E-state index in [1.807, 2.05) is 0 Å². The normalized spacial score (nSPS) is 13.0. The topological polar surface area (TPSA) is 159 Å². The molecule has 12 nitrogen and oxygen atoms in total. The van der Waals surface area contributed by atoms with Crippen LogP contribution in [0, 0.1) is 0 Å². The van der Waals surface area contributed by atoms with Crippen molar-refractivity contribution in [1.82, 2.24) is 20.0 Å². The van der Waals surface area contributed by atoms with E-state index in [9.17, 15) is 18.0 Å². The standard InChI is InChI=1S/C31H26ClN7O5S/c32-27-18-23(34-29(40)21-6-4-14-33-19-21)10-13-26(27)28-36-30(44-37-28)20-5-3-7-24(17-20)38-45(42,43)25-11-8-22(9-12-25)35-31(41)39-15-1-2-16-39/h3-14,17-19,38H,1-2,15-16H2,(H,34,40)(H,35,41). The lowest BCUT2D eigenvalue weighted by molar-refractivity contribution is 0.102. The summed E-state index contributed by atoms with van der Waals surface area (Å²) in [5, 5.41) is 9.87. The predicted molar refractivity (Wildman–Crippen MR) is 169 cm³/mol. The molecule has 1 saturated heterocycles. The lowest BCUT2D eigenvalue weighted by atomic mass is 10.1. The number of rotatable bonds is 8. The number of urea groups is 1. The average Bonchev–Trinajstić information content (AvgIpc) is 3.76. The molecule has 0 unspecified atom stereocenters. The lowest BCUT2D eigenvalue weighted by Crippen LogP contribution is -2.32. The van der Waals surface area contributed by atoms with Gasteiger partial charge in [-0.3, -0.25) is 14.5 Å². The lowest BCUT2D eigenvalue weighted by Gasteiger charge is -2.16. The van der Waals surface area contributed by atoms with E-state index in [1.54, 1.807) is 77.8 Å². The first-order valence-corrected chi connectivity index (χ1v) is 15.8. The Balaban J connectivity index is 1.12. The van der Waals surface area contributed by atoms with Crippen LogP contribution in [0.25, 0.3) is 22.8 Å². The first-order chi connectivity index (χ1) is 21.7. The van der Waals surface area contributed by atoms with Crippen LogP contribution in [0.2, 0.25) is 5.02 Å². The zero-order chi connectivity index (χ0) is 31.4. The van der Waals surface area contributed by atoms with E-state index < -0.39 is 10.0 Å². The van der Waals surface area contributed by atoms with Crippen molar-refractivity contribution in [3.63, 3.8) is 0 Å². The number of hydrogen-bond donors (Lipinski definition) is 3. The zero-order valence-electron chi connectivity index (χ0n) is 23.6. The van der Waals surface area contributed by atoms with Gasteiger partial charge in [0, 0.05) is 53.7 Å². The number of anilines is 3. The number of hydrogen-bond acceptors (Lipinski definition) is 8. The van der Waals surface area contributed by atoms with Gasteiger partial charge in [-0.2, -0.15) is 4.98 Å². The van der Waals surface area contributed by atoms with Gasteiger partial charge in [0.2, 0.25) is 5.82 Å². The van der Waals surface area contributed by atoms with Crippen molar-refractivity contribution in [1.29, 1.82) is 0 Å². The Morgan fingerprint density at radius 2 is 1.64 bits per heavy atom. The second-order valence-corrected chi connectivity index (χ2v) is 12.2. The van der Waals surface area contributed by atoms with Gasteiger partial charge in [-0.05, 0) is 85.6 Å². The van der Waals surface area contributed by atoms with Crippen LogP contribution >= 0.6 is 11.6 Å². The quantitative estimate of drug-likeness (QED) is 0.182. The maximum Gasteiger partial charge on any atom is 0.321 e. The van der Waals surface area contributed by atoms with Crippen LogP contribution in [0.3, 0.4) is 0 Å². The molecule has 0 saturated carbocycles. The van der Waals surface area contributed by atoms with Crippen LogP contribution in [0.15, 0.2) is 101 Å². The van der Waals surface area contributed by atoms with Crippen molar-refractivity contribution < 1.29 is 22.5 Å². The molecule has 6 rings (SSSR count). The van der Waals surface area contributed by atoms with Crippen LogP contribution in [0.1, 0.15) is 23.2 Å². The summed E-state index contributed by atoms with van der Waals surface area (Å²) in [7, 11) is -3.94. The second kappa shape index (κ2) is 12.8. The maximum absolute atomic E-state index is 13.1. The Kier molecular flexibility index (Phi) is 8.45. The van der Waals surface area contributed by atoms with Gasteiger partial charge in [0.05, 0.1) is 15.5 Å². The molecule has 0 spiro atoms. The fourth-order valence-electron chi connectivity index (χ4n) is 4.69. The third-order valence-electron chi connectivity index (χ3n) is 6.99. The van der Waals surface area contributed by atoms with Crippen molar-refractivity contribution in [3.05, 3.63) is 102 Å². The summed E-state index contributed by atoms with van der Waals surface area (Å²) < 4.78 is 34.2. The van der Waals surface area contributed by atoms with Gasteiger partial charge >= 0.3 is 6.03 Å². The summed E-state index contributed by atoms with van der Waals surface area (Å²) in [6, 6.07) is 20.5. The van der Waals surface area contributed by atoms with Crippen molar-refractivity contribution in [2.24, 2.45) is 0 Å². The molecule has 0 aliphatic carbocycles. The van der Waals surface area contributed by atoms with E-state index >= 15 is 0 Å². The molecule has 0 radical (unpaired) electrons. The fraction of sp³-hybridized carbons (Fsp3) is 0.129. The molecule has 1 fully saturated rings. The van der Waals surface area contributed by atoms with Crippen LogP contribution in [-0.4, -0.2) is 53.5 Å².